The zero-order chi connectivity index (χ0) is 16.4. The van der Waals surface area contributed by atoms with Crippen LogP contribution in [0.15, 0.2) is 30.3 Å². The molecule has 0 unspecified atom stereocenters. The van der Waals surface area contributed by atoms with Crippen molar-refractivity contribution in [1.29, 1.82) is 0 Å². The predicted octanol–water partition coefficient (Wildman–Crippen LogP) is 3.61. The molecule has 0 aromatic heterocycles. The number of phenols is 1. The number of benzene rings is 2. The highest BCUT2D eigenvalue weighted by Crippen LogP contribution is 2.27. The Balaban J connectivity index is 2.32. The first-order valence-electron chi connectivity index (χ1n) is 6.44. The number of aromatic carboxylic acids is 1. The lowest BCUT2D eigenvalue weighted by Crippen LogP contribution is -2.13. The Labute approximate surface area is 132 Å². The second-order valence-corrected chi connectivity index (χ2v) is 5.32. The van der Waals surface area contributed by atoms with Gasteiger partial charge < -0.3 is 15.5 Å². The van der Waals surface area contributed by atoms with Crippen molar-refractivity contribution in [2.75, 3.05) is 5.32 Å². The number of rotatable bonds is 3. The maximum Gasteiger partial charge on any atom is 0.339 e. The summed E-state index contributed by atoms with van der Waals surface area (Å²) in [5, 5.41) is 21.8. The van der Waals surface area contributed by atoms with Gasteiger partial charge in [-0.05, 0) is 49.2 Å². The molecular formula is C16H14ClNO4. The number of carbonyl (C=O) groups excluding carboxylic acids is 1. The molecule has 6 heteroatoms. The van der Waals surface area contributed by atoms with Crippen molar-refractivity contribution in [3.8, 4) is 5.75 Å². The number of aromatic hydroxyl groups is 1. The number of amides is 1. The number of carbonyl (C=O) groups is 2. The lowest BCUT2D eigenvalue weighted by atomic mass is 10.1. The Bertz CT molecular complexity index is 771. The summed E-state index contributed by atoms with van der Waals surface area (Å²) < 4.78 is 0. The summed E-state index contributed by atoms with van der Waals surface area (Å²) in [4.78, 5) is 23.2. The van der Waals surface area contributed by atoms with Crippen molar-refractivity contribution in [3.63, 3.8) is 0 Å². The van der Waals surface area contributed by atoms with Gasteiger partial charge in [0, 0.05) is 16.3 Å². The van der Waals surface area contributed by atoms with Gasteiger partial charge in [-0.3, -0.25) is 4.79 Å². The molecule has 0 aliphatic carbocycles. The van der Waals surface area contributed by atoms with Gasteiger partial charge in [0.1, 0.15) is 11.3 Å². The van der Waals surface area contributed by atoms with Crippen molar-refractivity contribution < 1.29 is 19.8 Å². The number of hydrogen-bond donors (Lipinski definition) is 3. The van der Waals surface area contributed by atoms with Gasteiger partial charge in [-0.1, -0.05) is 17.7 Å². The first-order valence-corrected chi connectivity index (χ1v) is 6.82. The fourth-order valence-electron chi connectivity index (χ4n) is 1.95. The van der Waals surface area contributed by atoms with Crippen molar-refractivity contribution >= 4 is 29.2 Å². The van der Waals surface area contributed by atoms with Gasteiger partial charge in [-0.25, -0.2) is 4.79 Å². The summed E-state index contributed by atoms with van der Waals surface area (Å²) in [6, 6.07) is 7.59. The van der Waals surface area contributed by atoms with Crippen LogP contribution in [0.1, 0.15) is 31.8 Å². The third-order valence-corrected chi connectivity index (χ3v) is 3.63. The molecule has 5 nitrogen and oxygen atoms in total. The zero-order valence-corrected chi connectivity index (χ0v) is 12.7. The van der Waals surface area contributed by atoms with Crippen LogP contribution in [-0.4, -0.2) is 22.1 Å². The lowest BCUT2D eigenvalue weighted by Gasteiger charge is -2.10. The Kier molecular flexibility index (Phi) is 4.37. The minimum Gasteiger partial charge on any atom is -0.507 e. The second kappa shape index (κ2) is 6.07. The molecule has 114 valence electrons. The van der Waals surface area contributed by atoms with Crippen LogP contribution < -0.4 is 5.32 Å². The summed E-state index contributed by atoms with van der Waals surface area (Å²) >= 11 is 5.98. The van der Waals surface area contributed by atoms with Gasteiger partial charge in [0.25, 0.3) is 5.91 Å². The van der Waals surface area contributed by atoms with Gasteiger partial charge in [0.15, 0.2) is 0 Å². The van der Waals surface area contributed by atoms with Gasteiger partial charge in [-0.15, -0.1) is 0 Å². The predicted molar refractivity (Wildman–Crippen MR) is 83.9 cm³/mol. The Morgan fingerprint density at radius 3 is 2.36 bits per heavy atom. The molecule has 22 heavy (non-hydrogen) atoms. The summed E-state index contributed by atoms with van der Waals surface area (Å²) in [6.45, 7) is 3.38. The number of aryl methyl sites for hydroxylation is 2. The number of nitrogens with one attached hydrogen (secondary N) is 1. The molecule has 0 atom stereocenters. The molecule has 2 rings (SSSR count). The fourth-order valence-corrected chi connectivity index (χ4v) is 2.13. The smallest absolute Gasteiger partial charge is 0.339 e. The average Bonchev–Trinajstić information content (AvgIpc) is 2.45. The van der Waals surface area contributed by atoms with Gasteiger partial charge in [-0.2, -0.15) is 0 Å². The van der Waals surface area contributed by atoms with Crippen LogP contribution in [0.3, 0.4) is 0 Å². The first-order chi connectivity index (χ1) is 10.3. The van der Waals surface area contributed by atoms with E-state index in [0.717, 1.165) is 5.56 Å². The van der Waals surface area contributed by atoms with E-state index in [1.54, 1.807) is 19.1 Å². The van der Waals surface area contributed by atoms with E-state index in [-0.39, 0.29) is 17.0 Å². The standard InChI is InChI=1S/C16H14ClNO4/c1-8-3-4-10(6-13(8)17)15(20)18-11-5-9(2)14(19)12(7-11)16(21)22/h3-7,19H,1-2H3,(H,18,20)(H,21,22). The molecule has 3 N–H and O–H groups in total. The molecule has 1 amide bonds. The van der Waals surface area contributed by atoms with E-state index in [4.69, 9.17) is 16.7 Å². The molecule has 0 saturated heterocycles. The molecule has 2 aromatic carbocycles. The summed E-state index contributed by atoms with van der Waals surface area (Å²) in [5.74, 6) is -2.00. The third-order valence-electron chi connectivity index (χ3n) is 3.22. The number of hydrogen-bond acceptors (Lipinski definition) is 3. The van der Waals surface area contributed by atoms with Crippen molar-refractivity contribution in [2.24, 2.45) is 0 Å². The maximum atomic E-state index is 12.2. The van der Waals surface area contributed by atoms with Crippen LogP contribution in [0.25, 0.3) is 0 Å². The van der Waals surface area contributed by atoms with E-state index < -0.39 is 11.9 Å². The molecule has 0 radical (unpaired) electrons. The molecule has 0 fully saturated rings. The van der Waals surface area contributed by atoms with Crippen molar-refractivity contribution in [3.05, 3.63) is 57.6 Å². The van der Waals surface area contributed by atoms with Crippen molar-refractivity contribution in [1.82, 2.24) is 0 Å². The van der Waals surface area contributed by atoms with Crippen LogP contribution in [-0.2, 0) is 0 Å². The lowest BCUT2D eigenvalue weighted by molar-refractivity contribution is 0.0693. The Hall–Kier alpha value is -2.53. The van der Waals surface area contributed by atoms with E-state index in [9.17, 15) is 14.7 Å². The number of halogens is 1. The fraction of sp³-hybridized carbons (Fsp3) is 0.125. The third kappa shape index (κ3) is 3.20. The van der Waals surface area contributed by atoms with Gasteiger partial charge >= 0.3 is 5.97 Å². The zero-order valence-electron chi connectivity index (χ0n) is 12.0. The molecule has 0 saturated carbocycles. The Morgan fingerprint density at radius 1 is 1.09 bits per heavy atom. The van der Waals surface area contributed by atoms with E-state index in [0.29, 0.717) is 16.1 Å². The SMILES string of the molecule is Cc1ccc(C(=O)Nc2cc(C)c(O)c(C(=O)O)c2)cc1Cl. The molecule has 0 aliphatic rings. The van der Waals surface area contributed by atoms with Gasteiger partial charge in [0.2, 0.25) is 0 Å². The number of anilines is 1. The van der Waals surface area contributed by atoms with E-state index in [1.165, 1.54) is 18.2 Å². The first kappa shape index (κ1) is 15.9. The summed E-state index contributed by atoms with van der Waals surface area (Å²) in [6.07, 6.45) is 0. The summed E-state index contributed by atoms with van der Waals surface area (Å²) in [5.41, 5.74) is 1.59. The van der Waals surface area contributed by atoms with Crippen LogP contribution >= 0.6 is 11.6 Å². The minimum absolute atomic E-state index is 0.266. The van der Waals surface area contributed by atoms with E-state index in [2.05, 4.69) is 5.32 Å². The highest BCUT2D eigenvalue weighted by Gasteiger charge is 2.15. The monoisotopic (exact) mass is 319 g/mol. The molecule has 0 aliphatic heterocycles. The molecule has 0 bridgehead atoms. The van der Waals surface area contributed by atoms with Gasteiger partial charge in [0.05, 0.1) is 0 Å². The van der Waals surface area contributed by atoms with Crippen molar-refractivity contribution in [2.45, 2.75) is 13.8 Å². The quantitative estimate of drug-likeness (QED) is 0.754. The highest BCUT2D eigenvalue weighted by atomic mass is 35.5. The van der Waals surface area contributed by atoms with E-state index >= 15 is 0 Å². The number of carboxylic acid groups (broad SMARTS) is 1. The molecule has 0 heterocycles. The van der Waals surface area contributed by atoms with E-state index in [1.807, 2.05) is 6.92 Å². The average molecular weight is 320 g/mol. The van der Waals surface area contributed by atoms with Crippen LogP contribution in [0, 0.1) is 13.8 Å². The molecule has 0 spiro atoms. The second-order valence-electron chi connectivity index (χ2n) is 4.91. The van der Waals surface area contributed by atoms with Crippen LogP contribution in [0.5, 0.6) is 5.75 Å². The minimum atomic E-state index is -1.27. The van der Waals surface area contributed by atoms with Crippen LogP contribution in [0.2, 0.25) is 5.02 Å². The largest absolute Gasteiger partial charge is 0.507 e. The summed E-state index contributed by atoms with van der Waals surface area (Å²) in [7, 11) is 0. The Morgan fingerprint density at radius 2 is 1.77 bits per heavy atom. The van der Waals surface area contributed by atoms with Crippen LogP contribution in [0.4, 0.5) is 5.69 Å². The topological polar surface area (TPSA) is 86.6 Å². The number of carboxylic acids is 1. The normalized spacial score (nSPS) is 10.3. The molecule has 2 aromatic rings. The highest BCUT2D eigenvalue weighted by molar-refractivity contribution is 6.31. The maximum absolute atomic E-state index is 12.2. The molecular weight excluding hydrogens is 306 g/mol.